The highest BCUT2D eigenvalue weighted by molar-refractivity contribution is 5.81. The number of carbonyl (C=O) groups is 1. The number of aliphatic imine (C=N–C) groups is 1. The fraction of sp³-hybridized carbons (Fsp3) is 0.652. The van der Waals surface area contributed by atoms with E-state index in [0.717, 1.165) is 50.6 Å². The molecule has 1 aliphatic heterocycles. The second kappa shape index (κ2) is 9.99. The highest BCUT2D eigenvalue weighted by atomic mass is 16.5. The summed E-state index contributed by atoms with van der Waals surface area (Å²) >= 11 is 0. The van der Waals surface area contributed by atoms with Gasteiger partial charge in [-0.05, 0) is 52.5 Å². The molecule has 1 fully saturated rings. The van der Waals surface area contributed by atoms with Gasteiger partial charge >= 0.3 is 0 Å². The summed E-state index contributed by atoms with van der Waals surface area (Å²) < 4.78 is 6.47. The Bertz CT molecular complexity index is 709. The third-order valence-electron chi connectivity index (χ3n) is 6.08. The summed E-state index contributed by atoms with van der Waals surface area (Å²) in [5.74, 6) is 1.93. The molecule has 1 amide bonds. The van der Waals surface area contributed by atoms with Gasteiger partial charge in [-0.25, -0.2) is 0 Å². The zero-order valence-corrected chi connectivity index (χ0v) is 18.2. The van der Waals surface area contributed by atoms with Crippen LogP contribution in [0, 0.1) is 0 Å². The second-order valence-corrected chi connectivity index (χ2v) is 8.01. The Hall–Kier alpha value is -2.24. The van der Waals surface area contributed by atoms with Gasteiger partial charge in [0.1, 0.15) is 11.4 Å². The number of fused-ring (bicyclic) bond motifs is 1. The van der Waals surface area contributed by atoms with E-state index in [1.165, 1.54) is 18.4 Å². The first-order valence-corrected chi connectivity index (χ1v) is 11.2. The van der Waals surface area contributed by atoms with Crippen molar-refractivity contribution < 1.29 is 9.53 Å². The number of hydrogen-bond acceptors (Lipinski definition) is 3. The molecule has 0 saturated heterocycles. The molecular weight excluding hydrogens is 364 g/mol. The predicted molar refractivity (Wildman–Crippen MR) is 117 cm³/mol. The van der Waals surface area contributed by atoms with Crippen LogP contribution in [0.4, 0.5) is 0 Å². The van der Waals surface area contributed by atoms with E-state index in [9.17, 15) is 4.79 Å². The number of rotatable bonds is 7. The van der Waals surface area contributed by atoms with E-state index in [4.69, 9.17) is 9.73 Å². The Labute approximate surface area is 175 Å². The summed E-state index contributed by atoms with van der Waals surface area (Å²) in [5, 5.41) is 6.97. The van der Waals surface area contributed by atoms with Gasteiger partial charge in [0, 0.05) is 38.0 Å². The molecule has 160 valence electrons. The van der Waals surface area contributed by atoms with Crippen molar-refractivity contribution in [3.8, 4) is 5.75 Å². The summed E-state index contributed by atoms with van der Waals surface area (Å²) in [4.78, 5) is 18.8. The van der Waals surface area contributed by atoms with Crippen molar-refractivity contribution >= 4 is 11.9 Å². The van der Waals surface area contributed by atoms with E-state index in [1.807, 2.05) is 24.8 Å². The number of carbonyl (C=O) groups excluding carboxylic acids is 1. The van der Waals surface area contributed by atoms with Crippen LogP contribution in [0.3, 0.4) is 0 Å². The molecule has 0 aromatic heterocycles. The summed E-state index contributed by atoms with van der Waals surface area (Å²) in [5.41, 5.74) is 1.14. The van der Waals surface area contributed by atoms with Gasteiger partial charge in [-0.3, -0.25) is 9.79 Å². The van der Waals surface area contributed by atoms with Gasteiger partial charge in [0.15, 0.2) is 5.96 Å². The average molecular weight is 401 g/mol. The highest BCUT2D eigenvalue weighted by Gasteiger charge is 2.43. The van der Waals surface area contributed by atoms with Crippen molar-refractivity contribution in [1.29, 1.82) is 0 Å². The lowest BCUT2D eigenvalue weighted by Crippen LogP contribution is -2.46. The van der Waals surface area contributed by atoms with Gasteiger partial charge in [-0.1, -0.05) is 18.2 Å². The molecule has 1 unspecified atom stereocenters. The van der Waals surface area contributed by atoms with E-state index < -0.39 is 0 Å². The molecule has 0 radical (unpaired) electrons. The molecule has 1 saturated carbocycles. The first-order chi connectivity index (χ1) is 14.1. The van der Waals surface area contributed by atoms with Crippen LogP contribution in [0.5, 0.6) is 5.75 Å². The first kappa shape index (κ1) is 21.5. The van der Waals surface area contributed by atoms with Gasteiger partial charge in [0.25, 0.3) is 0 Å². The van der Waals surface area contributed by atoms with E-state index >= 15 is 0 Å². The van der Waals surface area contributed by atoms with Crippen LogP contribution in [0.1, 0.15) is 70.9 Å². The monoisotopic (exact) mass is 400 g/mol. The predicted octanol–water partition coefficient (Wildman–Crippen LogP) is 3.64. The summed E-state index contributed by atoms with van der Waals surface area (Å²) in [6, 6.07) is 8.49. The Kier molecular flexibility index (Phi) is 7.40. The zero-order chi connectivity index (χ0) is 20.7. The molecule has 1 aromatic carbocycles. The Morgan fingerprint density at radius 2 is 1.93 bits per heavy atom. The van der Waals surface area contributed by atoms with E-state index in [1.54, 1.807) is 0 Å². The van der Waals surface area contributed by atoms with Crippen LogP contribution < -0.4 is 15.4 Å². The maximum Gasteiger partial charge on any atom is 0.224 e. The smallest absolute Gasteiger partial charge is 0.224 e. The van der Waals surface area contributed by atoms with E-state index in [0.29, 0.717) is 13.0 Å². The van der Waals surface area contributed by atoms with Crippen LogP contribution in [0.15, 0.2) is 29.3 Å². The quantitative estimate of drug-likeness (QED) is 0.542. The molecule has 1 atom stereocenters. The minimum absolute atomic E-state index is 0.0535. The van der Waals surface area contributed by atoms with E-state index in [-0.39, 0.29) is 17.6 Å². The molecule has 1 spiro atoms. The maximum absolute atomic E-state index is 12.3. The van der Waals surface area contributed by atoms with E-state index in [2.05, 4.69) is 35.8 Å². The van der Waals surface area contributed by atoms with Crippen LogP contribution >= 0.6 is 0 Å². The minimum atomic E-state index is -0.0535. The summed E-state index contributed by atoms with van der Waals surface area (Å²) in [6.45, 7) is 8.85. The van der Waals surface area contributed by atoms with Crippen LogP contribution in [-0.2, 0) is 4.79 Å². The lowest BCUT2D eigenvalue weighted by Gasteiger charge is -2.40. The minimum Gasteiger partial charge on any atom is -0.487 e. The number of nitrogens with one attached hydrogen (secondary N) is 2. The molecule has 2 aliphatic rings. The molecular formula is C23H36N4O2. The molecule has 3 rings (SSSR count). The largest absolute Gasteiger partial charge is 0.487 e. The fourth-order valence-electron chi connectivity index (χ4n) is 4.56. The molecule has 1 aromatic rings. The molecule has 2 N–H and O–H groups in total. The lowest BCUT2D eigenvalue weighted by atomic mass is 9.86. The number of hydrogen-bond donors (Lipinski definition) is 2. The van der Waals surface area contributed by atoms with Gasteiger partial charge in [0.2, 0.25) is 5.91 Å². The Morgan fingerprint density at radius 1 is 1.21 bits per heavy atom. The van der Waals surface area contributed by atoms with Gasteiger partial charge in [-0.15, -0.1) is 0 Å². The van der Waals surface area contributed by atoms with Crippen molar-refractivity contribution in [3.63, 3.8) is 0 Å². The van der Waals surface area contributed by atoms with Crippen LogP contribution in [0.2, 0.25) is 0 Å². The first-order valence-electron chi connectivity index (χ1n) is 11.2. The van der Waals surface area contributed by atoms with Crippen LogP contribution in [-0.4, -0.2) is 48.5 Å². The maximum atomic E-state index is 12.3. The lowest BCUT2D eigenvalue weighted by molar-refractivity contribution is -0.130. The summed E-state index contributed by atoms with van der Waals surface area (Å²) in [6.07, 6.45) is 6.09. The molecule has 1 heterocycles. The summed E-state index contributed by atoms with van der Waals surface area (Å²) in [7, 11) is 0. The SMILES string of the molecule is CCNC(=NCCC(=O)N(CC)CC)NC1CC2(CCCC2)Oc2ccccc21. The molecule has 6 heteroatoms. The van der Waals surface area contributed by atoms with Crippen molar-refractivity contribution in [1.82, 2.24) is 15.5 Å². The highest BCUT2D eigenvalue weighted by Crippen LogP contribution is 2.46. The Balaban J connectivity index is 1.71. The average Bonchev–Trinajstić information content (AvgIpc) is 3.16. The van der Waals surface area contributed by atoms with Gasteiger partial charge in [-0.2, -0.15) is 0 Å². The Morgan fingerprint density at radius 3 is 2.62 bits per heavy atom. The third-order valence-corrected chi connectivity index (χ3v) is 6.08. The number of ether oxygens (including phenoxy) is 1. The molecule has 0 bridgehead atoms. The molecule has 6 nitrogen and oxygen atoms in total. The van der Waals surface area contributed by atoms with Crippen molar-refractivity contribution in [2.24, 2.45) is 4.99 Å². The van der Waals surface area contributed by atoms with Gasteiger partial charge < -0.3 is 20.3 Å². The van der Waals surface area contributed by atoms with Crippen molar-refractivity contribution in [2.75, 3.05) is 26.2 Å². The van der Waals surface area contributed by atoms with Crippen molar-refractivity contribution in [3.05, 3.63) is 29.8 Å². The fourth-order valence-corrected chi connectivity index (χ4v) is 4.56. The number of nitrogens with zero attached hydrogens (tertiary/aromatic N) is 2. The number of amides is 1. The normalized spacial score (nSPS) is 20.1. The standard InChI is InChI=1S/C23H36N4O2/c1-4-24-22(25-16-13-21(28)27(5-2)6-3)26-19-17-23(14-9-10-15-23)29-20-12-8-7-11-18(19)20/h7-8,11-12,19H,4-6,9-10,13-17H2,1-3H3,(H2,24,25,26). The second-order valence-electron chi connectivity index (χ2n) is 8.01. The number of para-hydroxylation sites is 1. The molecule has 1 aliphatic carbocycles. The van der Waals surface area contributed by atoms with Crippen molar-refractivity contribution in [2.45, 2.75) is 70.9 Å². The topological polar surface area (TPSA) is 66.0 Å². The third kappa shape index (κ3) is 5.22. The van der Waals surface area contributed by atoms with Gasteiger partial charge in [0.05, 0.1) is 12.6 Å². The number of benzene rings is 1. The molecule has 29 heavy (non-hydrogen) atoms. The van der Waals surface area contributed by atoms with Crippen LogP contribution in [0.25, 0.3) is 0 Å². The number of guanidine groups is 1. The zero-order valence-electron chi connectivity index (χ0n) is 18.2.